The minimum Gasteiger partial charge on any atom is -0.507 e. The van der Waals surface area contributed by atoms with Crippen molar-refractivity contribution in [1.82, 2.24) is 0 Å². The largest absolute Gasteiger partial charge is 0.507 e. The van der Waals surface area contributed by atoms with Gasteiger partial charge >= 0.3 is 0 Å². The van der Waals surface area contributed by atoms with Crippen LogP contribution < -0.4 is 10.5 Å². The smallest absolute Gasteiger partial charge is 0.133 e. The van der Waals surface area contributed by atoms with Crippen LogP contribution >= 0.6 is 0 Å². The first kappa shape index (κ1) is 20.2. The first-order valence-electron chi connectivity index (χ1n) is 9.63. The van der Waals surface area contributed by atoms with Gasteiger partial charge in [0.05, 0.1) is 5.56 Å². The average molecular weight is 384 g/mol. The fraction of sp³-hybridized carbons (Fsp3) is 0.160. The van der Waals surface area contributed by atoms with Gasteiger partial charge in [0.15, 0.2) is 0 Å². The Morgan fingerprint density at radius 2 is 1.66 bits per heavy atom. The molecule has 29 heavy (non-hydrogen) atoms. The highest BCUT2D eigenvalue weighted by atomic mass is 16.5. The van der Waals surface area contributed by atoms with E-state index in [-0.39, 0.29) is 11.3 Å². The maximum atomic E-state index is 9.95. The molecule has 0 saturated heterocycles. The zero-order valence-corrected chi connectivity index (χ0v) is 16.4. The Bertz CT molecular complexity index is 1030. The average Bonchev–Trinajstić information content (AvgIpc) is 2.77. The van der Waals surface area contributed by atoms with Gasteiger partial charge in [-0.3, -0.25) is 0 Å². The Morgan fingerprint density at radius 1 is 0.966 bits per heavy atom. The van der Waals surface area contributed by atoms with Crippen LogP contribution in [0.2, 0.25) is 0 Å². The van der Waals surface area contributed by atoms with E-state index in [1.165, 1.54) is 0 Å². The third-order valence-corrected chi connectivity index (χ3v) is 4.71. The number of aromatic hydroxyl groups is 1. The van der Waals surface area contributed by atoms with Gasteiger partial charge < -0.3 is 15.6 Å². The Kier molecular flexibility index (Phi) is 6.67. The predicted molar refractivity (Wildman–Crippen MR) is 116 cm³/mol. The van der Waals surface area contributed by atoms with Crippen molar-refractivity contribution in [2.45, 2.75) is 13.3 Å². The number of rotatable bonds is 7. The molecule has 3 aromatic carbocycles. The minimum absolute atomic E-state index is 0.0149. The maximum absolute atomic E-state index is 9.95. The first-order chi connectivity index (χ1) is 14.2. The quantitative estimate of drug-likeness (QED) is 0.564. The summed E-state index contributed by atoms with van der Waals surface area (Å²) in [4.78, 5) is 0. The van der Waals surface area contributed by atoms with Crippen molar-refractivity contribution in [1.29, 1.82) is 5.26 Å². The number of allylic oxidation sites excluding steroid dienone is 1. The number of ether oxygens (including phenoxy) is 1. The molecule has 0 heterocycles. The number of nitrogens with two attached hydrogens (primary N) is 1. The van der Waals surface area contributed by atoms with E-state index >= 15 is 0 Å². The van der Waals surface area contributed by atoms with Gasteiger partial charge in [0.2, 0.25) is 0 Å². The molecule has 0 radical (unpaired) electrons. The molecule has 3 rings (SSSR count). The minimum atomic E-state index is -0.0149. The molecule has 0 aliphatic heterocycles. The first-order valence-corrected chi connectivity index (χ1v) is 9.63. The van der Waals surface area contributed by atoms with Crippen molar-refractivity contribution in [2.24, 2.45) is 5.73 Å². The predicted octanol–water partition coefficient (Wildman–Crippen LogP) is 4.97. The van der Waals surface area contributed by atoms with Crippen molar-refractivity contribution >= 4 is 11.1 Å². The van der Waals surface area contributed by atoms with Crippen LogP contribution in [0.1, 0.15) is 35.6 Å². The molecule has 0 atom stereocenters. The van der Waals surface area contributed by atoms with E-state index in [0.717, 1.165) is 40.0 Å². The number of phenolic OH excluding ortho intramolecular Hbond substituents is 1. The number of nitrogens with zero attached hydrogens (tertiary/aromatic N) is 1. The van der Waals surface area contributed by atoms with Gasteiger partial charge in [0.1, 0.15) is 24.2 Å². The van der Waals surface area contributed by atoms with Crippen LogP contribution in [0.15, 0.2) is 72.8 Å². The summed E-state index contributed by atoms with van der Waals surface area (Å²) in [5, 5.41) is 19.3. The summed E-state index contributed by atoms with van der Waals surface area (Å²) in [5.41, 5.74) is 11.0. The van der Waals surface area contributed by atoms with Crippen molar-refractivity contribution in [3.05, 3.63) is 95.1 Å². The molecule has 0 aromatic heterocycles. The summed E-state index contributed by atoms with van der Waals surface area (Å²) in [6.45, 7) is 3.05. The maximum Gasteiger partial charge on any atom is 0.133 e. The van der Waals surface area contributed by atoms with Crippen LogP contribution in [0.3, 0.4) is 0 Å². The normalized spacial score (nSPS) is 11.5. The second kappa shape index (κ2) is 9.59. The number of hydrogen-bond acceptors (Lipinski definition) is 4. The van der Waals surface area contributed by atoms with Crippen molar-refractivity contribution in [3.63, 3.8) is 0 Å². The zero-order valence-electron chi connectivity index (χ0n) is 16.4. The van der Waals surface area contributed by atoms with Gasteiger partial charge in [-0.1, -0.05) is 55.5 Å². The van der Waals surface area contributed by atoms with Gasteiger partial charge in [-0.2, -0.15) is 5.26 Å². The zero-order chi connectivity index (χ0) is 20.6. The highest BCUT2D eigenvalue weighted by Crippen LogP contribution is 2.36. The van der Waals surface area contributed by atoms with Gasteiger partial charge in [-0.05, 0) is 58.5 Å². The molecule has 0 unspecified atom stereocenters. The summed E-state index contributed by atoms with van der Waals surface area (Å²) in [7, 11) is 0. The molecule has 0 aliphatic rings. The third-order valence-electron chi connectivity index (χ3n) is 4.71. The summed E-state index contributed by atoms with van der Waals surface area (Å²) in [5.74, 6) is 0.749. The Balaban J connectivity index is 2.19. The van der Waals surface area contributed by atoms with Crippen molar-refractivity contribution in [2.75, 3.05) is 13.2 Å². The lowest BCUT2D eigenvalue weighted by Gasteiger charge is -2.17. The molecule has 0 saturated carbocycles. The van der Waals surface area contributed by atoms with Crippen LogP contribution in [0.25, 0.3) is 11.1 Å². The van der Waals surface area contributed by atoms with Crippen LogP contribution in [0.4, 0.5) is 0 Å². The molecule has 0 amide bonds. The fourth-order valence-corrected chi connectivity index (χ4v) is 3.36. The van der Waals surface area contributed by atoms with Crippen LogP contribution in [0, 0.1) is 11.3 Å². The van der Waals surface area contributed by atoms with Crippen LogP contribution in [0.5, 0.6) is 11.5 Å². The topological polar surface area (TPSA) is 79.3 Å². The van der Waals surface area contributed by atoms with Gasteiger partial charge in [0, 0.05) is 6.54 Å². The Labute approximate surface area is 171 Å². The van der Waals surface area contributed by atoms with Crippen LogP contribution in [-0.4, -0.2) is 18.3 Å². The standard InChI is InChI=1S/C25H24N2O2/c1-2-23(18-6-4-3-5-7-18)25(20-10-13-24(28)21(16-20)17-27)19-8-11-22(12-9-19)29-15-14-26/h3-13,16,28H,2,14-15,26H2,1H3/b25-23+. The second-order valence-corrected chi connectivity index (χ2v) is 6.58. The molecular weight excluding hydrogens is 360 g/mol. The second-order valence-electron chi connectivity index (χ2n) is 6.58. The molecule has 4 nitrogen and oxygen atoms in total. The molecule has 4 heteroatoms. The molecule has 3 aromatic rings. The van der Waals surface area contributed by atoms with Gasteiger partial charge in [-0.25, -0.2) is 0 Å². The molecule has 146 valence electrons. The third kappa shape index (κ3) is 4.66. The lowest BCUT2D eigenvalue weighted by Crippen LogP contribution is -2.10. The summed E-state index contributed by atoms with van der Waals surface area (Å²) >= 11 is 0. The number of phenols is 1. The van der Waals surface area contributed by atoms with E-state index in [1.807, 2.05) is 48.5 Å². The van der Waals surface area contributed by atoms with E-state index in [0.29, 0.717) is 13.2 Å². The van der Waals surface area contributed by atoms with Crippen molar-refractivity contribution < 1.29 is 9.84 Å². The number of hydrogen-bond donors (Lipinski definition) is 2. The van der Waals surface area contributed by atoms with E-state index in [4.69, 9.17) is 10.5 Å². The Morgan fingerprint density at radius 3 is 2.28 bits per heavy atom. The summed E-state index contributed by atoms with van der Waals surface area (Å²) < 4.78 is 5.60. The Hall–Kier alpha value is -3.55. The SMILES string of the molecule is CC/C(=C(/c1ccc(OCCN)cc1)c1ccc(O)c(C#N)c1)c1ccccc1. The molecule has 0 fully saturated rings. The van der Waals surface area contributed by atoms with Gasteiger partial charge in [-0.15, -0.1) is 0 Å². The summed E-state index contributed by atoms with van der Waals surface area (Å²) in [6, 6.07) is 25.3. The molecule has 0 aliphatic carbocycles. The fourth-order valence-electron chi connectivity index (χ4n) is 3.36. The number of nitriles is 1. The van der Waals surface area contributed by atoms with E-state index in [9.17, 15) is 10.4 Å². The molecular formula is C25H24N2O2. The highest BCUT2D eigenvalue weighted by molar-refractivity contribution is 5.98. The van der Waals surface area contributed by atoms with E-state index < -0.39 is 0 Å². The molecule has 3 N–H and O–H groups in total. The molecule has 0 spiro atoms. The van der Waals surface area contributed by atoms with Crippen LogP contribution in [-0.2, 0) is 0 Å². The summed E-state index contributed by atoms with van der Waals surface area (Å²) in [6.07, 6.45) is 0.813. The van der Waals surface area contributed by atoms with Crippen molar-refractivity contribution in [3.8, 4) is 17.6 Å². The lowest BCUT2D eigenvalue weighted by molar-refractivity contribution is 0.328. The lowest BCUT2D eigenvalue weighted by atomic mass is 9.87. The monoisotopic (exact) mass is 384 g/mol. The van der Waals surface area contributed by atoms with Gasteiger partial charge in [0.25, 0.3) is 0 Å². The highest BCUT2D eigenvalue weighted by Gasteiger charge is 2.15. The van der Waals surface area contributed by atoms with E-state index in [2.05, 4.69) is 25.1 Å². The van der Waals surface area contributed by atoms with E-state index in [1.54, 1.807) is 12.1 Å². The number of benzene rings is 3. The molecule has 0 bridgehead atoms.